The highest BCUT2D eigenvalue weighted by Gasteiger charge is 2.52. The maximum atomic E-state index is 13.0. The van der Waals surface area contributed by atoms with Crippen molar-refractivity contribution in [2.75, 3.05) is 11.6 Å². The Labute approximate surface area is 176 Å². The highest BCUT2D eigenvalue weighted by Crippen LogP contribution is 2.40. The number of fused-ring (bicyclic) bond motifs is 4. The molecule has 11 heteroatoms. The third-order valence-electron chi connectivity index (χ3n) is 4.34. The van der Waals surface area contributed by atoms with Gasteiger partial charge in [-0.3, -0.25) is 0 Å². The van der Waals surface area contributed by atoms with Gasteiger partial charge in [0, 0.05) is 6.07 Å². The maximum Gasteiger partial charge on any atom is 0.354 e. The van der Waals surface area contributed by atoms with E-state index in [1.807, 2.05) is 0 Å². The second-order valence-electron chi connectivity index (χ2n) is 10.8. The minimum atomic E-state index is -1.92. The number of ether oxygens (including phenoxy) is 2. The van der Waals surface area contributed by atoms with Crippen LogP contribution < -0.4 is 15.4 Å². The van der Waals surface area contributed by atoms with E-state index in [1.165, 1.54) is 4.57 Å². The summed E-state index contributed by atoms with van der Waals surface area (Å²) in [5.41, 5.74) is -0.397. The summed E-state index contributed by atoms with van der Waals surface area (Å²) in [4.78, 5) is 20.6. The summed E-state index contributed by atoms with van der Waals surface area (Å²) in [6.07, 6.45) is -1.53. The summed E-state index contributed by atoms with van der Waals surface area (Å²) in [5, 5.41) is 0. The second-order valence-corrected chi connectivity index (χ2v) is 24.4. The first-order valence-electron chi connectivity index (χ1n) is 10.2. The molecule has 1 saturated heterocycles. The fraction of sp³-hybridized carbons (Fsp3) is 0.778. The summed E-state index contributed by atoms with van der Waals surface area (Å²) in [6.45, 7) is 19.6. The normalized spacial score (nSPS) is 27.2. The molecule has 1 aromatic heterocycles. The molecule has 0 spiro atoms. The van der Waals surface area contributed by atoms with E-state index in [9.17, 15) is 4.79 Å². The van der Waals surface area contributed by atoms with E-state index in [0.29, 0.717) is 18.3 Å². The van der Waals surface area contributed by atoms with Crippen molar-refractivity contribution in [1.82, 2.24) is 9.55 Å². The Bertz CT molecular complexity index is 813. The lowest BCUT2D eigenvalue weighted by molar-refractivity contribution is -0.0297. The Balaban J connectivity index is 2.02. The average Bonchev–Trinajstić information content (AvgIpc) is 2.68. The van der Waals surface area contributed by atoms with Crippen LogP contribution in [0.3, 0.4) is 0 Å². The molecule has 0 radical (unpaired) electrons. The maximum absolute atomic E-state index is 13.0. The molecule has 0 amide bonds. The van der Waals surface area contributed by atoms with Crippen LogP contribution in [0.15, 0.2) is 10.9 Å². The number of nitrogens with one attached hydrogen (secondary N) is 1. The monoisotopic (exact) mass is 457 g/mol. The van der Waals surface area contributed by atoms with Gasteiger partial charge in [0.1, 0.15) is 39.0 Å². The van der Waals surface area contributed by atoms with Gasteiger partial charge in [-0.1, -0.05) is 19.6 Å². The zero-order valence-corrected chi connectivity index (χ0v) is 22.0. The van der Waals surface area contributed by atoms with Crippen molar-refractivity contribution < 1.29 is 18.3 Å². The van der Waals surface area contributed by atoms with E-state index in [-0.39, 0.29) is 18.3 Å². The quantitative estimate of drug-likeness (QED) is 0.657. The van der Waals surface area contributed by atoms with Crippen molar-refractivity contribution in [3.8, 4) is 5.88 Å². The average molecular weight is 458 g/mol. The molecule has 0 aliphatic carbocycles. The third-order valence-corrected chi connectivity index (χ3v) is 7.30. The summed E-state index contributed by atoms with van der Waals surface area (Å²) in [6, 6.07) is 1.80. The van der Waals surface area contributed by atoms with Gasteiger partial charge in [-0.25, -0.2) is 9.36 Å². The number of hydrogen-bond acceptors (Lipinski definition) is 7. The van der Waals surface area contributed by atoms with Crippen LogP contribution >= 0.6 is 0 Å². The molecule has 1 N–H and O–H groups in total. The third kappa shape index (κ3) is 5.58. The molecular formula is C18H35N3O5Si3. The minimum absolute atomic E-state index is 0.266. The van der Waals surface area contributed by atoms with Crippen LogP contribution in [0.2, 0.25) is 58.9 Å². The molecule has 2 bridgehead atoms. The number of hydrogen-bond donors (Lipinski definition) is 1. The van der Waals surface area contributed by atoms with Gasteiger partial charge >= 0.3 is 5.69 Å². The van der Waals surface area contributed by atoms with E-state index in [4.69, 9.17) is 18.3 Å². The van der Waals surface area contributed by atoms with Crippen molar-refractivity contribution in [1.29, 1.82) is 0 Å². The van der Waals surface area contributed by atoms with E-state index in [0.717, 1.165) is 0 Å². The van der Waals surface area contributed by atoms with Gasteiger partial charge in [0.15, 0.2) is 22.9 Å². The molecule has 0 saturated carbocycles. The van der Waals surface area contributed by atoms with E-state index in [2.05, 4.69) is 68.9 Å². The number of rotatable bonds is 6. The molecule has 29 heavy (non-hydrogen) atoms. The van der Waals surface area contributed by atoms with Crippen LogP contribution in [0, 0.1) is 0 Å². The van der Waals surface area contributed by atoms with Gasteiger partial charge < -0.3 is 23.3 Å². The summed E-state index contributed by atoms with van der Waals surface area (Å²) < 4.78 is 26.7. The first-order chi connectivity index (χ1) is 13.1. The first kappa shape index (κ1) is 22.7. The van der Waals surface area contributed by atoms with Crippen molar-refractivity contribution >= 4 is 30.7 Å². The molecule has 2 aliphatic rings. The zero-order valence-electron chi connectivity index (χ0n) is 19.0. The van der Waals surface area contributed by atoms with Gasteiger partial charge in [-0.2, -0.15) is 4.98 Å². The van der Waals surface area contributed by atoms with Gasteiger partial charge in [-0.15, -0.1) is 0 Å². The van der Waals surface area contributed by atoms with E-state index < -0.39 is 36.8 Å². The number of anilines is 1. The van der Waals surface area contributed by atoms with Crippen LogP contribution in [0.5, 0.6) is 5.88 Å². The molecule has 8 nitrogen and oxygen atoms in total. The number of nitrogens with zero attached hydrogens (tertiary/aromatic N) is 2. The van der Waals surface area contributed by atoms with Crippen LogP contribution in [0.4, 0.5) is 5.82 Å². The Kier molecular flexibility index (Phi) is 5.95. The summed E-state index contributed by atoms with van der Waals surface area (Å²) in [7, 11) is -5.45. The molecular weight excluding hydrogens is 422 g/mol. The Hall–Kier alpha value is -0.989. The zero-order chi connectivity index (χ0) is 21.8. The molecule has 1 aromatic rings. The van der Waals surface area contributed by atoms with E-state index >= 15 is 0 Å². The minimum Gasteiger partial charge on any atom is -0.476 e. The highest BCUT2D eigenvalue weighted by molar-refractivity contribution is 6.79. The van der Waals surface area contributed by atoms with Crippen molar-refractivity contribution in [2.24, 2.45) is 0 Å². The molecule has 1 fully saturated rings. The fourth-order valence-corrected chi connectivity index (χ4v) is 6.63. The molecule has 4 atom stereocenters. The highest BCUT2D eigenvalue weighted by atomic mass is 28.4. The molecule has 2 aliphatic heterocycles. The lowest BCUT2D eigenvalue weighted by Crippen LogP contribution is -2.50. The summed E-state index contributed by atoms with van der Waals surface area (Å²) >= 11 is 0. The van der Waals surface area contributed by atoms with Gasteiger partial charge in [0.2, 0.25) is 5.88 Å². The first-order valence-corrected chi connectivity index (χ1v) is 20.5. The van der Waals surface area contributed by atoms with Gasteiger partial charge in [0.25, 0.3) is 0 Å². The van der Waals surface area contributed by atoms with Crippen molar-refractivity contribution in [3.63, 3.8) is 0 Å². The van der Waals surface area contributed by atoms with Gasteiger partial charge in [0.05, 0.1) is 0 Å². The molecule has 0 aromatic carbocycles. The molecule has 164 valence electrons. The fourth-order valence-electron chi connectivity index (χ4n) is 3.57. The smallest absolute Gasteiger partial charge is 0.354 e. The van der Waals surface area contributed by atoms with Crippen molar-refractivity contribution in [3.05, 3.63) is 16.6 Å². The van der Waals surface area contributed by atoms with Gasteiger partial charge in [-0.05, 0) is 39.3 Å². The lowest BCUT2D eigenvalue weighted by Gasteiger charge is -2.35. The lowest BCUT2D eigenvalue weighted by atomic mass is 10.1. The Morgan fingerprint density at radius 1 is 1.03 bits per heavy atom. The predicted molar refractivity (Wildman–Crippen MR) is 121 cm³/mol. The van der Waals surface area contributed by atoms with Crippen LogP contribution in [-0.4, -0.2) is 59.3 Å². The standard InChI is InChI=1S/C18H35N3O5Si3/c1-27(2,3)20-13-10-14-21(18(22)19-13)17-16(26-29(7,8)9)15(25-28(4,5)6)12(24-17)11-23-14/h10,12,15-17H,11H2,1-9H3,(H,19,20,22)/t12-,15+,16+,17-/m1/s1. The number of aromatic nitrogens is 2. The Morgan fingerprint density at radius 2 is 1.62 bits per heavy atom. The predicted octanol–water partition coefficient (Wildman–Crippen LogP) is 3.22. The molecule has 3 heterocycles. The van der Waals surface area contributed by atoms with Crippen LogP contribution in [0.1, 0.15) is 6.23 Å². The topological polar surface area (TPSA) is 83.8 Å². The van der Waals surface area contributed by atoms with E-state index in [1.54, 1.807) is 6.07 Å². The van der Waals surface area contributed by atoms with Crippen LogP contribution in [0.25, 0.3) is 0 Å². The molecule has 0 unspecified atom stereocenters. The summed E-state index contributed by atoms with van der Waals surface area (Å²) in [5.74, 6) is 1.02. The van der Waals surface area contributed by atoms with Crippen LogP contribution in [-0.2, 0) is 13.6 Å². The largest absolute Gasteiger partial charge is 0.476 e. The second kappa shape index (κ2) is 7.61. The Morgan fingerprint density at radius 3 is 2.17 bits per heavy atom. The van der Waals surface area contributed by atoms with Crippen molar-refractivity contribution in [2.45, 2.75) is 83.5 Å². The molecule has 3 rings (SSSR count). The SMILES string of the molecule is C[Si](C)(C)Nc1cc2n(c(=O)n1)[C@@H]1O[C@H](CO2)[C@H](O[Si](C)(C)C)[C@@H]1O[Si](C)(C)C.